The van der Waals surface area contributed by atoms with Crippen molar-refractivity contribution >= 4 is 5.97 Å². The lowest BCUT2D eigenvalue weighted by atomic mass is 10.0. The van der Waals surface area contributed by atoms with Crippen molar-refractivity contribution in [2.45, 2.75) is 264 Å². The average molecular weight is 751 g/mol. The average Bonchev–Trinajstić information content (AvgIpc) is 3.14. The summed E-state index contributed by atoms with van der Waals surface area (Å²) < 4.78 is 0. The van der Waals surface area contributed by atoms with E-state index in [0.29, 0.717) is 0 Å². The summed E-state index contributed by atoms with van der Waals surface area (Å²) in [5.74, 6) is -0.935. The molecule has 0 saturated carbocycles. The maximum Gasteiger partial charge on any atom is 0.330 e. The molecular weight excluding hydrogens is 657 g/mol. The van der Waals surface area contributed by atoms with E-state index in [1.165, 1.54) is 264 Å². The van der Waals surface area contributed by atoms with Crippen LogP contribution in [-0.2, 0) is 4.79 Å². The van der Waals surface area contributed by atoms with E-state index in [4.69, 9.17) is 5.11 Å². The molecule has 4 rings (SSSR count). The molecule has 1 N–H and O–H groups in total. The molecule has 0 aromatic carbocycles. The molecule has 54 heavy (non-hydrogen) atoms. The summed E-state index contributed by atoms with van der Waals surface area (Å²) in [6.45, 7) is 4.60. The van der Waals surface area contributed by atoms with Crippen LogP contribution < -0.4 is 0 Å². The fourth-order valence-electron chi connectivity index (χ4n) is 7.28. The van der Waals surface area contributed by atoms with Gasteiger partial charge in [0.15, 0.2) is 0 Å². The van der Waals surface area contributed by atoms with Crippen molar-refractivity contribution in [1.29, 1.82) is 0 Å². The molecule has 0 heterocycles. The van der Waals surface area contributed by atoms with Gasteiger partial charge in [0.2, 0.25) is 0 Å². The number of allylic oxidation sites excluding steroid dienone is 8. The minimum Gasteiger partial charge on any atom is -0.478 e. The summed E-state index contributed by atoms with van der Waals surface area (Å²) in [7, 11) is 0. The fourth-order valence-corrected chi connectivity index (χ4v) is 7.28. The molecule has 4 aliphatic rings. The molecule has 0 saturated heterocycles. The molecule has 2 heteroatoms. The zero-order chi connectivity index (χ0) is 39.1. The van der Waals surface area contributed by atoms with Crippen molar-refractivity contribution in [3.63, 3.8) is 0 Å². The highest BCUT2D eigenvalue weighted by Crippen LogP contribution is 2.16. The number of carbonyl (C=O) groups is 1. The van der Waals surface area contributed by atoms with Gasteiger partial charge >= 0.3 is 5.97 Å². The Morgan fingerprint density at radius 2 is 0.389 bits per heavy atom. The van der Waals surface area contributed by atoms with E-state index in [2.05, 4.69) is 55.2 Å². The van der Waals surface area contributed by atoms with Crippen LogP contribution in [0.25, 0.3) is 0 Å². The quantitative estimate of drug-likeness (QED) is 0.214. The smallest absolute Gasteiger partial charge is 0.330 e. The van der Waals surface area contributed by atoms with Gasteiger partial charge in [-0.15, -0.1) is 0 Å². The Morgan fingerprint density at radius 1 is 0.296 bits per heavy atom. The molecule has 0 aliphatic heterocycles. The van der Waals surface area contributed by atoms with Crippen LogP contribution in [0.4, 0.5) is 0 Å². The fraction of sp³-hybridized carbons (Fsp3) is 0.788. The van der Waals surface area contributed by atoms with Crippen LogP contribution in [0.3, 0.4) is 0 Å². The molecule has 0 atom stereocenters. The summed E-state index contributed by atoms with van der Waals surface area (Å²) >= 11 is 0. The third-order valence-electron chi connectivity index (χ3n) is 11.0. The van der Waals surface area contributed by atoms with Crippen molar-refractivity contribution in [3.05, 3.63) is 60.8 Å². The van der Waals surface area contributed by atoms with Gasteiger partial charge in [-0.3, -0.25) is 0 Å². The van der Waals surface area contributed by atoms with Crippen molar-refractivity contribution in [2.24, 2.45) is 0 Å². The Hall–Kier alpha value is -1.83. The van der Waals surface area contributed by atoms with Gasteiger partial charge in [-0.1, -0.05) is 209 Å². The predicted molar refractivity (Wildman–Crippen MR) is 244 cm³/mol. The van der Waals surface area contributed by atoms with Crippen LogP contribution in [0.1, 0.15) is 264 Å². The van der Waals surface area contributed by atoms with Crippen LogP contribution in [0.5, 0.6) is 0 Å². The number of rotatable bonds is 1. The lowest BCUT2D eigenvalue weighted by Crippen LogP contribution is -1.92. The van der Waals surface area contributed by atoms with Crippen LogP contribution in [0, 0.1) is 0 Å². The monoisotopic (exact) mass is 751 g/mol. The molecular formula is C52H94O2. The van der Waals surface area contributed by atoms with Gasteiger partial charge in [0.1, 0.15) is 0 Å². The molecule has 4 aliphatic carbocycles. The highest BCUT2D eigenvalue weighted by Gasteiger charge is 1.96. The molecule has 0 fully saturated rings. The van der Waals surface area contributed by atoms with E-state index in [-0.39, 0.29) is 5.57 Å². The van der Waals surface area contributed by atoms with Gasteiger partial charge in [0.05, 0.1) is 0 Å². The Kier molecular flexibility index (Phi) is 45.7. The molecule has 0 bridgehead atoms. The number of hydrogen-bond acceptors (Lipinski definition) is 1. The zero-order valence-corrected chi connectivity index (χ0v) is 36.5. The van der Waals surface area contributed by atoms with Crippen LogP contribution in [-0.4, -0.2) is 11.1 Å². The normalized spacial score (nSPS) is 21.0. The Balaban J connectivity index is 0.000000661. The summed E-state index contributed by atoms with van der Waals surface area (Å²) in [6.07, 6.45) is 76.0. The van der Waals surface area contributed by atoms with Gasteiger partial charge in [-0.05, 0) is 110 Å². The molecule has 2 nitrogen and oxygen atoms in total. The van der Waals surface area contributed by atoms with Crippen molar-refractivity contribution in [3.8, 4) is 0 Å². The van der Waals surface area contributed by atoms with Gasteiger partial charge in [0, 0.05) is 5.57 Å². The van der Waals surface area contributed by atoms with E-state index in [9.17, 15) is 4.79 Å². The highest BCUT2D eigenvalue weighted by atomic mass is 16.4. The third kappa shape index (κ3) is 48.2. The van der Waals surface area contributed by atoms with Crippen molar-refractivity contribution in [1.82, 2.24) is 0 Å². The standard InChI is InChI=1S/4C12H22.C4H6O2/c4*1-2-4-6-8-10-12-11-9-7-5-3-1;1-3(2)4(5)6/h4*1-2H,3-12H2;1H2,2H3,(H,5,6). The molecule has 0 radical (unpaired) electrons. The second-order valence-corrected chi connectivity index (χ2v) is 16.6. The largest absolute Gasteiger partial charge is 0.478 e. The molecule has 314 valence electrons. The van der Waals surface area contributed by atoms with E-state index in [0.717, 1.165) is 0 Å². The number of hydrogen-bond donors (Lipinski definition) is 1. The highest BCUT2D eigenvalue weighted by molar-refractivity contribution is 5.84. The van der Waals surface area contributed by atoms with Crippen molar-refractivity contribution < 1.29 is 9.90 Å². The Morgan fingerprint density at radius 3 is 0.481 bits per heavy atom. The number of carboxylic acids is 1. The summed E-state index contributed by atoms with van der Waals surface area (Å²) in [6, 6.07) is 0. The predicted octanol–water partition coefficient (Wildman–Crippen LogP) is 18.5. The minimum absolute atomic E-state index is 0.176. The topological polar surface area (TPSA) is 37.3 Å². The lowest BCUT2D eigenvalue weighted by molar-refractivity contribution is -0.132. The maximum atomic E-state index is 9.60. The number of carboxylic acid groups (broad SMARTS) is 1. The number of aliphatic carboxylic acids is 1. The van der Waals surface area contributed by atoms with E-state index in [1.807, 2.05) is 0 Å². The second-order valence-electron chi connectivity index (χ2n) is 16.6. The van der Waals surface area contributed by atoms with Gasteiger partial charge in [0.25, 0.3) is 0 Å². The molecule has 0 amide bonds. The summed E-state index contributed by atoms with van der Waals surface area (Å²) in [4.78, 5) is 9.60. The van der Waals surface area contributed by atoms with Crippen LogP contribution in [0.15, 0.2) is 60.8 Å². The van der Waals surface area contributed by atoms with Gasteiger partial charge in [-0.25, -0.2) is 4.79 Å². The first-order valence-corrected chi connectivity index (χ1v) is 24.1. The first kappa shape index (κ1) is 52.2. The van der Waals surface area contributed by atoms with Gasteiger partial charge < -0.3 is 5.11 Å². The third-order valence-corrected chi connectivity index (χ3v) is 11.0. The Bertz CT molecular complexity index is 689. The molecule has 0 aromatic rings. The van der Waals surface area contributed by atoms with E-state index < -0.39 is 5.97 Å². The molecule has 0 unspecified atom stereocenters. The maximum absolute atomic E-state index is 9.60. The van der Waals surface area contributed by atoms with E-state index >= 15 is 0 Å². The summed E-state index contributed by atoms with van der Waals surface area (Å²) in [5, 5.41) is 7.89. The first-order chi connectivity index (χ1) is 26.6. The zero-order valence-electron chi connectivity index (χ0n) is 36.5. The van der Waals surface area contributed by atoms with Crippen molar-refractivity contribution in [2.75, 3.05) is 0 Å². The Labute approximate surface area is 339 Å². The second kappa shape index (κ2) is 47.3. The molecule has 0 spiro atoms. The SMILES string of the molecule is C1=CCCCCCCCCCC1.C1=CCCCCCCCCCC1.C1=CCCCCCCCCCC1.C1=CCCCCCCCCCC1.C=C(C)C(=O)O. The van der Waals surface area contributed by atoms with Crippen LogP contribution in [0.2, 0.25) is 0 Å². The molecule has 0 aromatic heterocycles. The van der Waals surface area contributed by atoms with Gasteiger partial charge in [-0.2, -0.15) is 0 Å². The lowest BCUT2D eigenvalue weighted by Gasteiger charge is -2.02. The minimum atomic E-state index is -0.935. The van der Waals surface area contributed by atoms with E-state index in [1.54, 1.807) is 0 Å². The summed E-state index contributed by atoms with van der Waals surface area (Å²) in [5.41, 5.74) is 0.176. The van der Waals surface area contributed by atoms with Crippen LogP contribution >= 0.6 is 0 Å². The first-order valence-electron chi connectivity index (χ1n) is 24.1.